The van der Waals surface area contributed by atoms with E-state index in [2.05, 4.69) is 5.32 Å². The van der Waals surface area contributed by atoms with E-state index < -0.39 is 15.4 Å². The summed E-state index contributed by atoms with van der Waals surface area (Å²) in [6.45, 7) is 2.54. The quantitative estimate of drug-likeness (QED) is 0.761. The second-order valence-electron chi connectivity index (χ2n) is 9.34. The zero-order valence-corrected chi connectivity index (χ0v) is 19.2. The molecule has 8 nitrogen and oxygen atoms in total. The number of carbonyl (C=O) groups is 2. The van der Waals surface area contributed by atoms with Gasteiger partial charge in [0.1, 0.15) is 0 Å². The number of piperidine rings is 2. The highest BCUT2D eigenvalue weighted by molar-refractivity contribution is 7.88. The first-order chi connectivity index (χ1) is 14.7. The first kappa shape index (κ1) is 22.1. The van der Waals surface area contributed by atoms with Gasteiger partial charge >= 0.3 is 6.03 Å². The van der Waals surface area contributed by atoms with Gasteiger partial charge < -0.3 is 15.1 Å². The van der Waals surface area contributed by atoms with Crippen LogP contribution in [0, 0.1) is 5.41 Å². The molecule has 3 fully saturated rings. The first-order valence-electron chi connectivity index (χ1n) is 11.0. The molecule has 31 heavy (non-hydrogen) atoms. The number of nitrogens with zero attached hydrogens (tertiary/aromatic N) is 3. The molecule has 3 saturated heterocycles. The Morgan fingerprint density at radius 1 is 1.03 bits per heavy atom. The third-order valence-corrected chi connectivity index (χ3v) is 8.86. The average molecular weight is 449 g/mol. The van der Waals surface area contributed by atoms with E-state index in [0.29, 0.717) is 45.6 Å². The van der Waals surface area contributed by atoms with Gasteiger partial charge in [-0.2, -0.15) is 0 Å². The van der Waals surface area contributed by atoms with Crippen molar-refractivity contribution in [3.8, 4) is 0 Å². The maximum absolute atomic E-state index is 13.3. The Kier molecular flexibility index (Phi) is 5.76. The number of carbonyl (C=O) groups excluding carboxylic acids is 2. The van der Waals surface area contributed by atoms with Crippen molar-refractivity contribution in [2.45, 2.75) is 44.2 Å². The lowest BCUT2D eigenvalue weighted by Crippen LogP contribution is -2.54. The van der Waals surface area contributed by atoms with Crippen molar-refractivity contribution < 1.29 is 18.0 Å². The van der Waals surface area contributed by atoms with Crippen molar-refractivity contribution in [1.82, 2.24) is 19.4 Å². The van der Waals surface area contributed by atoms with Crippen molar-refractivity contribution >= 4 is 22.0 Å². The van der Waals surface area contributed by atoms with Crippen LogP contribution in [0.2, 0.25) is 0 Å². The molecule has 170 valence electrons. The van der Waals surface area contributed by atoms with E-state index in [1.54, 1.807) is 0 Å². The highest BCUT2D eigenvalue weighted by atomic mass is 32.2. The Labute approximate surface area is 184 Å². The molecule has 0 aromatic heterocycles. The molecule has 2 spiro atoms. The molecule has 0 saturated carbocycles. The Morgan fingerprint density at radius 2 is 1.65 bits per heavy atom. The smallest absolute Gasteiger partial charge is 0.317 e. The van der Waals surface area contributed by atoms with Crippen LogP contribution < -0.4 is 5.32 Å². The molecular formula is C22H32N4O4S. The first-order valence-corrected chi connectivity index (χ1v) is 12.8. The zero-order chi connectivity index (χ0) is 22.3. The van der Waals surface area contributed by atoms with Gasteiger partial charge in [-0.1, -0.05) is 30.3 Å². The van der Waals surface area contributed by atoms with Crippen LogP contribution in [-0.2, 0) is 21.4 Å². The number of benzene rings is 1. The van der Waals surface area contributed by atoms with Gasteiger partial charge in [0.25, 0.3) is 0 Å². The third kappa shape index (κ3) is 4.17. The molecule has 3 aliphatic rings. The fourth-order valence-corrected chi connectivity index (χ4v) is 6.40. The van der Waals surface area contributed by atoms with E-state index >= 15 is 0 Å². The molecule has 4 rings (SSSR count). The minimum absolute atomic E-state index is 0.0677. The molecule has 0 atom stereocenters. The summed E-state index contributed by atoms with van der Waals surface area (Å²) in [5.74, 6) is 0.141. The molecule has 3 aliphatic heterocycles. The van der Waals surface area contributed by atoms with Gasteiger partial charge in [-0.3, -0.25) is 4.79 Å². The molecule has 0 bridgehead atoms. The molecule has 0 unspecified atom stereocenters. The van der Waals surface area contributed by atoms with Gasteiger partial charge in [0.05, 0.1) is 11.7 Å². The van der Waals surface area contributed by atoms with Crippen molar-refractivity contribution in [2.75, 3.05) is 39.5 Å². The van der Waals surface area contributed by atoms with E-state index in [1.807, 2.05) is 47.2 Å². The molecule has 1 aromatic rings. The van der Waals surface area contributed by atoms with E-state index in [4.69, 9.17) is 0 Å². The number of urea groups is 1. The Hall–Kier alpha value is -2.13. The lowest BCUT2D eigenvalue weighted by molar-refractivity contribution is -0.138. The molecule has 0 aliphatic carbocycles. The normalized spacial score (nSPS) is 23.5. The van der Waals surface area contributed by atoms with Crippen molar-refractivity contribution in [3.05, 3.63) is 35.9 Å². The van der Waals surface area contributed by atoms with Gasteiger partial charge in [-0.15, -0.1) is 0 Å². The number of nitrogens with one attached hydrogen (secondary N) is 1. The van der Waals surface area contributed by atoms with Crippen LogP contribution in [0.15, 0.2) is 30.3 Å². The SMILES string of the molecule is CN1C(=O)C2(CCN(S(C)(=O)=O)CC2)CC12CCN(C(=O)NCc1ccccc1)CC2. The van der Waals surface area contributed by atoms with Crippen molar-refractivity contribution in [1.29, 1.82) is 0 Å². The average Bonchev–Trinajstić information content (AvgIpc) is 2.94. The van der Waals surface area contributed by atoms with Crippen LogP contribution in [-0.4, -0.2) is 79.5 Å². The molecule has 3 amide bonds. The predicted octanol–water partition coefficient (Wildman–Crippen LogP) is 1.63. The van der Waals surface area contributed by atoms with Gasteiger partial charge in [0, 0.05) is 45.3 Å². The van der Waals surface area contributed by atoms with Gasteiger partial charge in [0.15, 0.2) is 0 Å². The molecule has 3 heterocycles. The number of amides is 3. The maximum atomic E-state index is 13.3. The summed E-state index contributed by atoms with van der Waals surface area (Å²) < 4.78 is 25.2. The minimum atomic E-state index is -3.22. The second kappa shape index (κ2) is 8.09. The fraction of sp³-hybridized carbons (Fsp3) is 0.636. The number of sulfonamides is 1. The highest BCUT2D eigenvalue weighted by Gasteiger charge is 2.59. The fourth-order valence-electron chi connectivity index (χ4n) is 5.56. The van der Waals surface area contributed by atoms with Crippen LogP contribution in [0.3, 0.4) is 0 Å². The summed E-state index contributed by atoms with van der Waals surface area (Å²) in [5.41, 5.74) is 0.363. The summed E-state index contributed by atoms with van der Waals surface area (Å²) in [7, 11) is -1.34. The van der Waals surface area contributed by atoms with E-state index in [1.165, 1.54) is 10.6 Å². The second-order valence-corrected chi connectivity index (χ2v) is 11.3. The van der Waals surface area contributed by atoms with E-state index in [0.717, 1.165) is 24.8 Å². The predicted molar refractivity (Wildman–Crippen MR) is 118 cm³/mol. The van der Waals surface area contributed by atoms with Gasteiger partial charge in [0.2, 0.25) is 15.9 Å². The van der Waals surface area contributed by atoms with Crippen LogP contribution in [0.1, 0.15) is 37.7 Å². The molecule has 1 N–H and O–H groups in total. The molecular weight excluding hydrogens is 416 g/mol. The number of rotatable bonds is 3. The van der Waals surface area contributed by atoms with Crippen molar-refractivity contribution in [2.24, 2.45) is 5.41 Å². The molecule has 1 aromatic carbocycles. The molecule has 0 radical (unpaired) electrons. The standard InChI is InChI=1S/C22H32N4O4S/c1-24-19(27)21(8-14-26(15-9-21)31(2,29)30)17-22(24)10-12-25(13-11-22)20(28)23-16-18-6-4-3-5-7-18/h3-7H,8-17H2,1-2H3,(H,23,28). The Morgan fingerprint density at radius 3 is 2.23 bits per heavy atom. The van der Waals surface area contributed by atoms with Crippen LogP contribution in [0.5, 0.6) is 0 Å². The maximum Gasteiger partial charge on any atom is 0.317 e. The van der Waals surface area contributed by atoms with Gasteiger partial charge in [-0.25, -0.2) is 17.5 Å². The summed E-state index contributed by atoms with van der Waals surface area (Å²) in [4.78, 5) is 29.6. The Bertz CT molecular complexity index is 934. The highest BCUT2D eigenvalue weighted by Crippen LogP contribution is 2.52. The topological polar surface area (TPSA) is 90.0 Å². The minimum Gasteiger partial charge on any atom is -0.339 e. The van der Waals surface area contributed by atoms with Crippen LogP contribution in [0.25, 0.3) is 0 Å². The van der Waals surface area contributed by atoms with Crippen LogP contribution >= 0.6 is 0 Å². The number of likely N-dealkylation sites (tertiary alicyclic amines) is 2. The summed E-state index contributed by atoms with van der Waals surface area (Å²) >= 11 is 0. The molecule has 9 heteroatoms. The van der Waals surface area contributed by atoms with Gasteiger partial charge in [-0.05, 0) is 37.7 Å². The summed E-state index contributed by atoms with van der Waals surface area (Å²) in [6.07, 6.45) is 4.65. The summed E-state index contributed by atoms with van der Waals surface area (Å²) in [6, 6.07) is 9.76. The van der Waals surface area contributed by atoms with E-state index in [9.17, 15) is 18.0 Å². The zero-order valence-electron chi connectivity index (χ0n) is 18.3. The largest absolute Gasteiger partial charge is 0.339 e. The number of hydrogen-bond donors (Lipinski definition) is 1. The van der Waals surface area contributed by atoms with E-state index in [-0.39, 0.29) is 17.5 Å². The van der Waals surface area contributed by atoms with Crippen LogP contribution in [0.4, 0.5) is 4.79 Å². The monoisotopic (exact) mass is 448 g/mol. The number of hydrogen-bond acceptors (Lipinski definition) is 4. The lowest BCUT2D eigenvalue weighted by Gasteiger charge is -2.43. The third-order valence-electron chi connectivity index (χ3n) is 7.55. The Balaban J connectivity index is 1.36. The summed E-state index contributed by atoms with van der Waals surface area (Å²) in [5, 5.41) is 2.99. The van der Waals surface area contributed by atoms with Crippen molar-refractivity contribution in [3.63, 3.8) is 0 Å². The lowest BCUT2D eigenvalue weighted by atomic mass is 9.71.